The van der Waals surface area contributed by atoms with Gasteiger partial charge < -0.3 is 4.42 Å². The van der Waals surface area contributed by atoms with Crippen molar-refractivity contribution >= 4 is 75.3 Å². The summed E-state index contributed by atoms with van der Waals surface area (Å²) in [5.41, 5.74) is 1.84. The van der Waals surface area contributed by atoms with Crippen LogP contribution in [0.15, 0.2) is 74.0 Å². The van der Waals surface area contributed by atoms with Gasteiger partial charge in [0, 0.05) is 20.6 Å². The van der Waals surface area contributed by atoms with Crippen molar-refractivity contribution in [2.75, 3.05) is 0 Å². The molecule has 110 valence electrons. The second kappa shape index (κ2) is 4.83. The van der Waals surface area contributed by atoms with Gasteiger partial charge in [0.1, 0.15) is 11.2 Å². The van der Waals surface area contributed by atoms with Crippen LogP contribution >= 0.6 is 31.9 Å². The van der Waals surface area contributed by atoms with Crippen molar-refractivity contribution in [2.24, 2.45) is 0 Å². The van der Waals surface area contributed by atoms with Gasteiger partial charge in [-0.15, -0.1) is 0 Å². The van der Waals surface area contributed by atoms with Gasteiger partial charge in [-0.3, -0.25) is 0 Å². The van der Waals surface area contributed by atoms with Gasteiger partial charge in [0.25, 0.3) is 0 Å². The van der Waals surface area contributed by atoms with E-state index in [1.54, 1.807) is 0 Å². The van der Waals surface area contributed by atoms with Gasteiger partial charge in [0.2, 0.25) is 0 Å². The average molecular weight is 426 g/mol. The van der Waals surface area contributed by atoms with Gasteiger partial charge in [-0.25, -0.2) is 0 Å². The predicted octanol–water partition coefficient (Wildman–Crippen LogP) is 7.42. The molecule has 0 unspecified atom stereocenters. The van der Waals surface area contributed by atoms with Gasteiger partial charge >= 0.3 is 0 Å². The Balaban J connectivity index is 2.14. The van der Waals surface area contributed by atoms with Crippen molar-refractivity contribution in [3.63, 3.8) is 0 Å². The summed E-state index contributed by atoms with van der Waals surface area (Å²) in [6, 6.07) is 21.1. The van der Waals surface area contributed by atoms with E-state index in [0.717, 1.165) is 30.9 Å². The molecule has 0 saturated heterocycles. The highest BCUT2D eigenvalue weighted by molar-refractivity contribution is 9.11. The van der Waals surface area contributed by atoms with Crippen molar-refractivity contribution < 1.29 is 4.42 Å². The molecule has 23 heavy (non-hydrogen) atoms. The second-order valence-corrected chi connectivity index (χ2v) is 7.37. The Hall–Kier alpha value is -1.84. The van der Waals surface area contributed by atoms with Gasteiger partial charge in [0.05, 0.1) is 4.47 Å². The van der Waals surface area contributed by atoms with E-state index in [2.05, 4.69) is 86.5 Å². The molecule has 0 radical (unpaired) electrons. The van der Waals surface area contributed by atoms with E-state index in [1.807, 2.05) is 6.07 Å². The SMILES string of the molecule is Brc1cc2ccccc2c2c1oc1c2ccc2cccc(Br)c21. The first-order valence-corrected chi connectivity index (χ1v) is 8.93. The summed E-state index contributed by atoms with van der Waals surface area (Å²) in [4.78, 5) is 0. The molecule has 3 heteroatoms. The topological polar surface area (TPSA) is 13.1 Å². The summed E-state index contributed by atoms with van der Waals surface area (Å²) in [5.74, 6) is 0. The van der Waals surface area contributed by atoms with Crippen molar-refractivity contribution in [2.45, 2.75) is 0 Å². The van der Waals surface area contributed by atoms with E-state index < -0.39 is 0 Å². The normalized spacial score (nSPS) is 11.9. The zero-order valence-corrected chi connectivity index (χ0v) is 15.1. The number of halogens is 2. The monoisotopic (exact) mass is 424 g/mol. The molecule has 0 N–H and O–H groups in total. The van der Waals surface area contributed by atoms with Crippen molar-refractivity contribution in [1.29, 1.82) is 0 Å². The van der Waals surface area contributed by atoms with Crippen LogP contribution in [0.2, 0.25) is 0 Å². The molecule has 0 atom stereocenters. The molecule has 0 spiro atoms. The van der Waals surface area contributed by atoms with Gasteiger partial charge in [-0.1, -0.05) is 58.4 Å². The molecule has 5 rings (SSSR count). The maximum absolute atomic E-state index is 6.31. The molecular weight excluding hydrogens is 416 g/mol. The number of hydrogen-bond acceptors (Lipinski definition) is 1. The minimum absolute atomic E-state index is 0.905. The molecule has 5 aromatic rings. The first kappa shape index (κ1) is 13.6. The minimum Gasteiger partial charge on any atom is -0.454 e. The zero-order valence-electron chi connectivity index (χ0n) is 11.9. The summed E-state index contributed by atoms with van der Waals surface area (Å²) in [5, 5.41) is 7.04. The Bertz CT molecular complexity index is 1230. The van der Waals surface area contributed by atoms with E-state index in [4.69, 9.17) is 4.42 Å². The highest BCUT2D eigenvalue weighted by Crippen LogP contribution is 2.42. The summed E-state index contributed by atoms with van der Waals surface area (Å²) in [6.07, 6.45) is 0. The molecule has 0 aliphatic heterocycles. The number of benzene rings is 4. The van der Waals surface area contributed by atoms with E-state index in [0.29, 0.717) is 0 Å². The van der Waals surface area contributed by atoms with E-state index >= 15 is 0 Å². The van der Waals surface area contributed by atoms with Gasteiger partial charge in [-0.2, -0.15) is 0 Å². The van der Waals surface area contributed by atoms with Crippen LogP contribution in [-0.2, 0) is 0 Å². The third-order valence-corrected chi connectivity index (χ3v) is 5.63. The van der Waals surface area contributed by atoms with Gasteiger partial charge in [-0.05, 0) is 50.3 Å². The third kappa shape index (κ3) is 1.84. The van der Waals surface area contributed by atoms with Crippen LogP contribution < -0.4 is 0 Å². The first-order chi connectivity index (χ1) is 11.2. The summed E-state index contributed by atoms with van der Waals surface area (Å²) in [7, 11) is 0. The lowest BCUT2D eigenvalue weighted by Gasteiger charge is -2.02. The zero-order chi connectivity index (χ0) is 15.6. The minimum atomic E-state index is 0.905. The fourth-order valence-corrected chi connectivity index (χ4v) is 4.46. The highest BCUT2D eigenvalue weighted by Gasteiger charge is 2.16. The number of hydrogen-bond donors (Lipinski definition) is 0. The molecule has 1 nitrogen and oxygen atoms in total. The molecule has 0 aliphatic rings. The van der Waals surface area contributed by atoms with Crippen molar-refractivity contribution in [1.82, 2.24) is 0 Å². The van der Waals surface area contributed by atoms with Crippen LogP contribution in [0.5, 0.6) is 0 Å². The molecule has 0 aliphatic carbocycles. The lowest BCUT2D eigenvalue weighted by atomic mass is 10.0. The maximum atomic E-state index is 6.31. The predicted molar refractivity (Wildman–Crippen MR) is 104 cm³/mol. The fraction of sp³-hybridized carbons (Fsp3) is 0. The highest BCUT2D eigenvalue weighted by atomic mass is 79.9. The maximum Gasteiger partial charge on any atom is 0.150 e. The molecule has 0 bridgehead atoms. The average Bonchev–Trinajstić information content (AvgIpc) is 2.95. The molecule has 1 heterocycles. The summed E-state index contributed by atoms with van der Waals surface area (Å²) in [6.45, 7) is 0. The quantitative estimate of drug-likeness (QED) is 0.251. The number of furan rings is 1. The van der Waals surface area contributed by atoms with Crippen LogP contribution in [0.1, 0.15) is 0 Å². The lowest BCUT2D eigenvalue weighted by molar-refractivity contribution is 0.670. The van der Waals surface area contributed by atoms with Crippen LogP contribution in [0.3, 0.4) is 0 Å². The van der Waals surface area contributed by atoms with Crippen molar-refractivity contribution in [3.8, 4) is 0 Å². The molecule has 0 saturated carbocycles. The molecule has 0 fully saturated rings. The van der Waals surface area contributed by atoms with Crippen LogP contribution in [0.4, 0.5) is 0 Å². The second-order valence-electron chi connectivity index (χ2n) is 5.67. The molecule has 1 aromatic heterocycles. The smallest absolute Gasteiger partial charge is 0.150 e. The van der Waals surface area contributed by atoms with Gasteiger partial charge in [0.15, 0.2) is 0 Å². The fourth-order valence-electron chi connectivity index (χ4n) is 3.37. The van der Waals surface area contributed by atoms with Crippen LogP contribution in [0, 0.1) is 0 Å². The molecule has 4 aromatic carbocycles. The Kier molecular flexibility index (Phi) is 2.85. The standard InChI is InChI=1S/C20H10Br2O/c21-15-7-3-5-11-8-9-14-18-13-6-2-1-4-12(13)10-16(22)20(18)23-19(14)17(11)15/h1-10H. The lowest BCUT2D eigenvalue weighted by Crippen LogP contribution is -1.77. The van der Waals surface area contributed by atoms with E-state index in [-0.39, 0.29) is 0 Å². The van der Waals surface area contributed by atoms with Crippen LogP contribution in [0.25, 0.3) is 43.5 Å². The third-order valence-electron chi connectivity index (χ3n) is 4.38. The van der Waals surface area contributed by atoms with E-state index in [9.17, 15) is 0 Å². The largest absolute Gasteiger partial charge is 0.454 e. The Labute approximate surface area is 149 Å². The summed E-state index contributed by atoms with van der Waals surface area (Å²) >= 11 is 7.34. The van der Waals surface area contributed by atoms with Crippen molar-refractivity contribution in [3.05, 3.63) is 69.6 Å². The Morgan fingerprint density at radius 2 is 1.43 bits per heavy atom. The number of rotatable bonds is 0. The van der Waals surface area contributed by atoms with Crippen LogP contribution in [-0.4, -0.2) is 0 Å². The van der Waals surface area contributed by atoms with E-state index in [1.165, 1.54) is 21.5 Å². The Morgan fingerprint density at radius 3 is 2.35 bits per heavy atom. The number of fused-ring (bicyclic) bond motifs is 7. The first-order valence-electron chi connectivity index (χ1n) is 7.35. The molecular formula is C20H10Br2O. The summed E-state index contributed by atoms with van der Waals surface area (Å²) < 4.78 is 8.35. The Morgan fingerprint density at radius 1 is 0.609 bits per heavy atom. The molecule has 0 amide bonds.